The van der Waals surface area contributed by atoms with Crippen molar-refractivity contribution in [3.63, 3.8) is 0 Å². The average Bonchev–Trinajstić information content (AvgIpc) is 3.39. The first-order valence-electron chi connectivity index (χ1n) is 10.0. The molecule has 0 radical (unpaired) electrons. The Bertz CT molecular complexity index is 1180. The van der Waals surface area contributed by atoms with Crippen LogP contribution in [-0.4, -0.2) is 30.5 Å². The molecule has 1 aliphatic rings. The van der Waals surface area contributed by atoms with Gasteiger partial charge in [0.2, 0.25) is 0 Å². The molecule has 0 saturated carbocycles. The molecule has 0 aliphatic carbocycles. The molecule has 11 heteroatoms. The van der Waals surface area contributed by atoms with Crippen LogP contribution in [0.25, 0.3) is 11.1 Å². The van der Waals surface area contributed by atoms with Gasteiger partial charge in [0, 0.05) is 22.7 Å². The number of hydrogen-bond donors (Lipinski definition) is 1. The Morgan fingerprint density at radius 2 is 2.00 bits per heavy atom. The van der Waals surface area contributed by atoms with E-state index < -0.39 is 29.4 Å². The summed E-state index contributed by atoms with van der Waals surface area (Å²) >= 11 is 5.77. The molecule has 2 heterocycles. The molecule has 0 saturated heterocycles. The molecule has 34 heavy (non-hydrogen) atoms. The molecule has 1 N–H and O–H groups in total. The van der Waals surface area contributed by atoms with Crippen LogP contribution in [0.1, 0.15) is 35.7 Å². The molecule has 1 aromatic carbocycles. The van der Waals surface area contributed by atoms with Crippen molar-refractivity contribution in [2.45, 2.75) is 20.0 Å². The second-order valence-electron chi connectivity index (χ2n) is 6.95. The number of aromatic nitrogens is 1. The fourth-order valence-corrected chi connectivity index (χ4v) is 3.39. The molecule has 180 valence electrons. The molecule has 0 bridgehead atoms. The molecule has 1 aliphatic heterocycles. The number of nitrogens with one attached hydrogen (secondary N) is 1. The van der Waals surface area contributed by atoms with E-state index in [1.807, 2.05) is 0 Å². The third-order valence-electron chi connectivity index (χ3n) is 4.75. The summed E-state index contributed by atoms with van der Waals surface area (Å²) in [6.45, 7) is 6.38. The summed E-state index contributed by atoms with van der Waals surface area (Å²) in [4.78, 5) is 12.8. The number of rotatable bonds is 7. The largest absolute Gasteiger partial charge is 0.462 e. The zero-order chi connectivity index (χ0) is 25.0. The Hall–Kier alpha value is -3.37. The predicted molar refractivity (Wildman–Crippen MR) is 120 cm³/mol. The minimum absolute atomic E-state index is 0.0145. The Balaban J connectivity index is 2.22. The van der Waals surface area contributed by atoms with E-state index >= 15 is 0 Å². The first-order valence-corrected chi connectivity index (χ1v) is 10.4. The van der Waals surface area contributed by atoms with E-state index in [0.29, 0.717) is 5.57 Å². The van der Waals surface area contributed by atoms with Gasteiger partial charge in [-0.15, -0.1) is 0 Å². The maximum Gasteiger partial charge on any atom is 0.433 e. The highest BCUT2D eigenvalue weighted by Gasteiger charge is 2.46. The normalized spacial score (nSPS) is 14.9. The van der Waals surface area contributed by atoms with Crippen LogP contribution >= 0.6 is 11.6 Å². The Morgan fingerprint density at radius 1 is 1.32 bits per heavy atom. The Labute approximate surface area is 197 Å². The van der Waals surface area contributed by atoms with E-state index in [1.54, 1.807) is 19.9 Å². The quantitative estimate of drug-likeness (QED) is 0.287. The van der Waals surface area contributed by atoms with Gasteiger partial charge in [-0.3, -0.25) is 5.01 Å². The van der Waals surface area contributed by atoms with E-state index in [-0.39, 0.29) is 40.7 Å². The number of esters is 1. The highest BCUT2D eigenvalue weighted by Crippen LogP contribution is 2.41. The number of benzene rings is 1. The molecule has 0 unspecified atom stereocenters. The van der Waals surface area contributed by atoms with Crippen LogP contribution in [0.4, 0.5) is 23.2 Å². The van der Waals surface area contributed by atoms with Gasteiger partial charge in [-0.1, -0.05) is 35.5 Å². The zero-order valence-corrected chi connectivity index (χ0v) is 18.9. The van der Waals surface area contributed by atoms with Crippen molar-refractivity contribution in [1.29, 1.82) is 0 Å². The topological polar surface area (TPSA) is 67.6 Å². The molecule has 0 fully saturated rings. The fourth-order valence-electron chi connectivity index (χ4n) is 3.33. The van der Waals surface area contributed by atoms with Crippen LogP contribution in [0.3, 0.4) is 0 Å². The maximum absolute atomic E-state index is 14.2. The summed E-state index contributed by atoms with van der Waals surface area (Å²) in [5, 5.41) is 4.83. The number of nitrogens with zero attached hydrogens (tertiary/aromatic N) is 2. The number of alkyl halides is 3. The molecule has 0 spiro atoms. The molecular weight excluding hydrogens is 478 g/mol. The van der Waals surface area contributed by atoms with Gasteiger partial charge in [-0.05, 0) is 44.2 Å². The smallest absolute Gasteiger partial charge is 0.433 e. The monoisotopic (exact) mass is 497 g/mol. The van der Waals surface area contributed by atoms with Gasteiger partial charge in [-0.25, -0.2) is 14.6 Å². The van der Waals surface area contributed by atoms with Crippen molar-refractivity contribution in [1.82, 2.24) is 10.6 Å². The Kier molecular flexibility index (Phi) is 7.63. The maximum atomic E-state index is 14.2. The summed E-state index contributed by atoms with van der Waals surface area (Å²) in [7, 11) is 0. The molecule has 0 amide bonds. The third kappa shape index (κ3) is 5.23. The van der Waals surface area contributed by atoms with Gasteiger partial charge in [0.25, 0.3) is 0 Å². The number of carbonyl (C=O) groups is 1. The number of ether oxygens (including phenoxy) is 1. The van der Waals surface area contributed by atoms with Crippen LogP contribution in [-0.2, 0) is 4.74 Å². The van der Waals surface area contributed by atoms with Gasteiger partial charge < -0.3 is 9.26 Å². The van der Waals surface area contributed by atoms with Crippen LogP contribution in [0.2, 0.25) is 0 Å². The molecular formula is C23H20ClF4N3O3. The van der Waals surface area contributed by atoms with Crippen molar-refractivity contribution < 1.29 is 31.6 Å². The number of hydrogen-bond acceptors (Lipinski definition) is 6. The van der Waals surface area contributed by atoms with E-state index in [9.17, 15) is 22.4 Å². The summed E-state index contributed by atoms with van der Waals surface area (Å²) in [6, 6.07) is 4.46. The van der Waals surface area contributed by atoms with Gasteiger partial charge in [-0.2, -0.15) is 13.2 Å². The van der Waals surface area contributed by atoms with Gasteiger partial charge in [0.15, 0.2) is 5.76 Å². The van der Waals surface area contributed by atoms with E-state index in [1.165, 1.54) is 24.3 Å². The minimum Gasteiger partial charge on any atom is -0.462 e. The standard InChI is InChI=1S/C23H20ClF4N3O3/c1-4-14(7-6-13(3)24)19-18(22(32)33-5-2)20(34-30-19)17-12-29-31(21(17)23(26,27)28)16-10-8-15(25)9-11-16/h4,6-11,29H,3,5,12H2,1-2H3/b7-6-,14-4+. The van der Waals surface area contributed by atoms with E-state index in [2.05, 4.69) is 17.2 Å². The summed E-state index contributed by atoms with van der Waals surface area (Å²) < 4.78 is 66.3. The molecule has 2 aromatic rings. The van der Waals surface area contributed by atoms with Crippen molar-refractivity contribution in [3.05, 3.63) is 82.6 Å². The highest BCUT2D eigenvalue weighted by atomic mass is 35.5. The van der Waals surface area contributed by atoms with E-state index in [4.69, 9.17) is 20.9 Å². The van der Waals surface area contributed by atoms with Gasteiger partial charge in [0.05, 0.1) is 12.3 Å². The average molecular weight is 498 g/mol. The number of anilines is 1. The second kappa shape index (κ2) is 10.3. The lowest BCUT2D eigenvalue weighted by Crippen LogP contribution is -2.36. The fraction of sp³-hybridized carbons (Fsp3) is 0.217. The molecule has 3 rings (SSSR count). The molecule has 6 nitrogen and oxygen atoms in total. The SMILES string of the molecule is C=C(Cl)/C=C\C(=C/C)c1noc(C2=C(C(F)(F)F)N(c3ccc(F)cc3)NC2)c1C(=O)OCC. The number of hydrazine groups is 1. The van der Waals surface area contributed by atoms with Gasteiger partial charge in [0.1, 0.15) is 22.8 Å². The first kappa shape index (κ1) is 25.3. The zero-order valence-electron chi connectivity index (χ0n) is 18.2. The van der Waals surface area contributed by atoms with Crippen molar-refractivity contribution in [2.75, 3.05) is 18.2 Å². The summed E-state index contributed by atoms with van der Waals surface area (Å²) in [5.74, 6) is -1.90. The van der Waals surface area contributed by atoms with Crippen LogP contribution < -0.4 is 10.4 Å². The highest BCUT2D eigenvalue weighted by molar-refractivity contribution is 6.30. The van der Waals surface area contributed by atoms with Crippen molar-refractivity contribution in [2.24, 2.45) is 0 Å². The van der Waals surface area contributed by atoms with Crippen LogP contribution in [0, 0.1) is 5.82 Å². The third-order valence-corrected chi connectivity index (χ3v) is 4.88. The lowest BCUT2D eigenvalue weighted by atomic mass is 10.0. The second-order valence-corrected chi connectivity index (χ2v) is 7.44. The van der Waals surface area contributed by atoms with Gasteiger partial charge >= 0.3 is 12.1 Å². The van der Waals surface area contributed by atoms with Crippen LogP contribution in [0.5, 0.6) is 0 Å². The minimum atomic E-state index is -4.86. The Morgan fingerprint density at radius 3 is 2.56 bits per heavy atom. The number of allylic oxidation sites excluding steroid dienone is 6. The summed E-state index contributed by atoms with van der Waals surface area (Å²) in [5.41, 5.74) is 1.24. The van der Waals surface area contributed by atoms with Crippen molar-refractivity contribution in [3.8, 4) is 0 Å². The molecule has 1 aromatic heterocycles. The summed E-state index contributed by atoms with van der Waals surface area (Å²) in [6.07, 6.45) is -0.340. The number of carbonyl (C=O) groups excluding carboxylic acids is 1. The lowest BCUT2D eigenvalue weighted by molar-refractivity contribution is -0.0926. The van der Waals surface area contributed by atoms with Crippen molar-refractivity contribution >= 4 is 34.4 Å². The van der Waals surface area contributed by atoms with Crippen LogP contribution in [0.15, 0.2) is 64.3 Å². The van der Waals surface area contributed by atoms with E-state index in [0.717, 1.165) is 17.1 Å². The molecule has 0 atom stereocenters. The lowest BCUT2D eigenvalue weighted by Gasteiger charge is -2.24. The number of halogens is 5. The predicted octanol–water partition coefficient (Wildman–Crippen LogP) is 6.00. The first-order chi connectivity index (χ1) is 16.1.